The largest absolute Gasteiger partial charge is 0.509 e. The molecule has 0 atom stereocenters. The maximum absolute atomic E-state index is 9.28. The molecular formula is C86H66N5O2Pt-3. The molecule has 460 valence electrons. The second-order valence-electron chi connectivity index (χ2n) is 25.0. The average molecular weight is 1410 g/mol. The first kappa shape index (κ1) is 44.7. The molecule has 0 fully saturated rings. The number of aromatic nitrogens is 3. The number of hydrogen-bond acceptors (Lipinski definition) is 5. The van der Waals surface area contributed by atoms with Gasteiger partial charge in [0.05, 0.1) is 31.6 Å². The summed E-state index contributed by atoms with van der Waals surface area (Å²) in [5.41, 5.74) is 9.26. The van der Waals surface area contributed by atoms with Gasteiger partial charge in [-0.15, -0.1) is 48.1 Å². The quantitative estimate of drug-likeness (QED) is 0.114. The molecule has 1 aliphatic heterocycles. The number of hydrogen-bond donors (Lipinski definition) is 0. The summed E-state index contributed by atoms with van der Waals surface area (Å²) >= 11 is 0. The van der Waals surface area contributed by atoms with E-state index in [2.05, 4.69) is 119 Å². The Hall–Kier alpha value is -10.7. The molecule has 16 rings (SSSR count). The summed E-state index contributed by atoms with van der Waals surface area (Å²) in [5, 5.41) is 3.85. The van der Waals surface area contributed by atoms with E-state index in [1.165, 1.54) is 0 Å². The van der Waals surface area contributed by atoms with E-state index < -0.39 is 78.6 Å². The first-order valence-corrected chi connectivity index (χ1v) is 30.6. The molecular weight excluding hydrogens is 1330 g/mol. The molecule has 0 radical (unpaired) electrons. The predicted octanol–water partition coefficient (Wildman–Crippen LogP) is 23.1. The molecule has 0 N–H and O–H groups in total. The van der Waals surface area contributed by atoms with Crippen molar-refractivity contribution in [1.29, 1.82) is 0 Å². The number of ether oxygens (including phenoxy) is 2. The second kappa shape index (κ2) is 24.1. The predicted molar refractivity (Wildman–Crippen MR) is 384 cm³/mol. The molecule has 0 unspecified atom stereocenters. The summed E-state index contributed by atoms with van der Waals surface area (Å²) in [6.07, 6.45) is 1.64. The molecule has 0 bridgehead atoms. The molecule has 3 aromatic heterocycles. The van der Waals surface area contributed by atoms with Crippen LogP contribution in [0.2, 0.25) is 0 Å². The summed E-state index contributed by atoms with van der Waals surface area (Å²) in [5.74, 6) is 1.56. The number of nitrogens with zero attached hydrogens (tertiary/aromatic N) is 5. The van der Waals surface area contributed by atoms with Crippen LogP contribution in [0.3, 0.4) is 0 Å². The van der Waals surface area contributed by atoms with Crippen molar-refractivity contribution < 1.29 is 51.1 Å². The summed E-state index contributed by atoms with van der Waals surface area (Å²) in [6.45, 7) is 14.6. The van der Waals surface area contributed by atoms with Crippen molar-refractivity contribution in [2.45, 2.75) is 52.4 Å². The topological polar surface area (TPSA) is 47.7 Å². The molecule has 0 saturated carbocycles. The van der Waals surface area contributed by atoms with E-state index >= 15 is 0 Å². The van der Waals surface area contributed by atoms with Crippen molar-refractivity contribution in [3.8, 4) is 79.0 Å². The number of rotatable bonds is 12. The van der Waals surface area contributed by atoms with Gasteiger partial charge in [0.1, 0.15) is 17.3 Å². The van der Waals surface area contributed by atoms with Crippen LogP contribution >= 0.6 is 0 Å². The minimum Gasteiger partial charge on any atom is -0.509 e. The third-order valence-electron chi connectivity index (χ3n) is 17.1. The Bertz CT molecular complexity index is 6060. The van der Waals surface area contributed by atoms with E-state index in [-0.39, 0.29) is 94.5 Å². The number of para-hydroxylation sites is 6. The molecule has 4 heterocycles. The van der Waals surface area contributed by atoms with E-state index in [1.54, 1.807) is 72.4 Å². The number of pyridine rings is 1. The molecule has 0 aliphatic carbocycles. The SMILES string of the molecule is [2H]c1c([2H])c([2H])c(-c2cccc(-c3cc(C(C)(C)C)cc(C(C)(C)C)c3)c2Oc2ccnc(-n3c4[c-]c(Oc5[c-]c(N6[CH-]N(c7c(-c8c([2H])c([2H])c([2H])c([2H])c8[2H])cccc7-c7c([2H])c([2H])c([2H])c([2H])c7[2H])c7ccccc76)ccc5)ccc4c4cc(-n5c6ccccc6c6ccccc65)ccc43)c2)c([2H])c1[2H].[Pt]. The summed E-state index contributed by atoms with van der Waals surface area (Å²) in [4.78, 5) is 8.60. The smallest absolute Gasteiger partial charge is 0.143 e. The van der Waals surface area contributed by atoms with Crippen LogP contribution in [0.15, 0.2) is 285 Å². The Morgan fingerprint density at radius 3 is 1.57 bits per heavy atom. The molecule has 12 aromatic carbocycles. The van der Waals surface area contributed by atoms with Crippen LogP contribution < -0.4 is 19.3 Å². The van der Waals surface area contributed by atoms with Crippen LogP contribution in [0.4, 0.5) is 22.7 Å². The van der Waals surface area contributed by atoms with Gasteiger partial charge in [-0.2, -0.15) is 12.1 Å². The first-order chi connectivity index (χ1) is 51.6. The van der Waals surface area contributed by atoms with Gasteiger partial charge in [0.25, 0.3) is 0 Å². The van der Waals surface area contributed by atoms with Crippen molar-refractivity contribution >= 4 is 66.4 Å². The van der Waals surface area contributed by atoms with E-state index in [9.17, 15) is 8.22 Å². The monoisotopic (exact) mass is 1410 g/mol. The Balaban J connectivity index is 0.00000946. The number of benzene rings is 12. The van der Waals surface area contributed by atoms with Gasteiger partial charge in [0.15, 0.2) is 0 Å². The van der Waals surface area contributed by atoms with Crippen molar-refractivity contribution in [2.75, 3.05) is 9.80 Å². The van der Waals surface area contributed by atoms with Crippen LogP contribution in [-0.2, 0) is 31.9 Å². The minimum absolute atomic E-state index is 0. The van der Waals surface area contributed by atoms with Gasteiger partial charge in [-0.05, 0) is 98.1 Å². The summed E-state index contributed by atoms with van der Waals surface area (Å²) in [7, 11) is 0. The van der Waals surface area contributed by atoms with Gasteiger partial charge >= 0.3 is 0 Å². The normalized spacial score (nSPS) is 14.6. The van der Waals surface area contributed by atoms with E-state index in [0.717, 1.165) is 60.5 Å². The zero-order valence-electron chi connectivity index (χ0n) is 66.9. The minimum atomic E-state index is -0.599. The Labute approximate surface area is 584 Å². The third kappa shape index (κ3) is 10.8. The summed E-state index contributed by atoms with van der Waals surface area (Å²) < 4.78 is 152. The zero-order chi connectivity index (χ0) is 76.0. The van der Waals surface area contributed by atoms with Gasteiger partial charge in [-0.3, -0.25) is 0 Å². The standard InChI is InChI=1S/C86H66N5O2.Pt/c1-85(2,3)61-49-60(50-62(51-61)86(4,5)6)71-38-24-37-70(59-29-14-9-15-30-59)84(71)93-67-47-48-87-82(55-67)91-78-46-43-64(90-76-39-18-16-33-72(76)73-34-17-19-40-77(73)90)53-75(78)74-45-44-66(54-81(74)91)92-65-32-22-31-63(52-65)88-56-89(80-42-21-20-41-79(80)88)83-68(57-25-10-7-11-26-57)35-23-36-69(83)58-27-12-8-13-28-58;/h7-51,53,55-56H,1-6H3;/q-3;/i7D,8D,9D,10D,11D,12D,13D,14D,15D,25D,26D,27D,28D,29D,30D;. The van der Waals surface area contributed by atoms with Crippen LogP contribution in [0.5, 0.6) is 23.0 Å². The molecule has 0 saturated heterocycles. The van der Waals surface area contributed by atoms with Crippen molar-refractivity contribution in [2.24, 2.45) is 0 Å². The molecule has 7 nitrogen and oxygen atoms in total. The fraction of sp³-hybridized carbons (Fsp3) is 0.0930. The molecule has 0 amide bonds. The Kier molecular flexibility index (Phi) is 11.5. The van der Waals surface area contributed by atoms with Gasteiger partial charge < -0.3 is 28.4 Å². The maximum atomic E-state index is 9.28. The first-order valence-electron chi connectivity index (χ1n) is 38.1. The van der Waals surface area contributed by atoms with Gasteiger partial charge in [-0.1, -0.05) is 241 Å². The van der Waals surface area contributed by atoms with Crippen molar-refractivity contribution in [1.82, 2.24) is 14.1 Å². The zero-order valence-corrected chi connectivity index (χ0v) is 54.2. The van der Waals surface area contributed by atoms with Crippen LogP contribution in [0.25, 0.3) is 99.6 Å². The van der Waals surface area contributed by atoms with Crippen molar-refractivity contribution in [3.63, 3.8) is 0 Å². The average Bonchev–Trinajstić information content (AvgIpc) is 1.72. The Morgan fingerprint density at radius 2 is 0.957 bits per heavy atom. The van der Waals surface area contributed by atoms with E-state index in [0.29, 0.717) is 45.5 Å². The molecule has 0 spiro atoms. The van der Waals surface area contributed by atoms with Crippen molar-refractivity contribution in [3.05, 3.63) is 315 Å². The van der Waals surface area contributed by atoms with E-state index in [1.807, 2.05) is 82.3 Å². The number of anilines is 4. The molecule has 15 aromatic rings. The van der Waals surface area contributed by atoms with Crippen LogP contribution in [0, 0.1) is 18.8 Å². The maximum Gasteiger partial charge on any atom is 0.143 e. The summed E-state index contributed by atoms with van der Waals surface area (Å²) in [6, 6.07) is 58.9. The van der Waals surface area contributed by atoms with Gasteiger partial charge in [-0.25, -0.2) is 4.98 Å². The van der Waals surface area contributed by atoms with E-state index in [4.69, 9.17) is 26.8 Å². The second-order valence-corrected chi connectivity index (χ2v) is 25.0. The Morgan fingerprint density at radius 1 is 0.426 bits per heavy atom. The van der Waals surface area contributed by atoms with Crippen LogP contribution in [-0.4, -0.2) is 14.1 Å². The molecule has 94 heavy (non-hydrogen) atoms. The fourth-order valence-corrected chi connectivity index (χ4v) is 12.6. The van der Waals surface area contributed by atoms with Gasteiger partial charge in [0.2, 0.25) is 0 Å². The van der Waals surface area contributed by atoms with Crippen LogP contribution in [0.1, 0.15) is 73.2 Å². The third-order valence-corrected chi connectivity index (χ3v) is 17.1. The van der Waals surface area contributed by atoms with Gasteiger partial charge in [0, 0.05) is 106 Å². The molecule has 1 aliphatic rings. The number of fused-ring (bicyclic) bond motifs is 7. The fourth-order valence-electron chi connectivity index (χ4n) is 12.6. The molecule has 8 heteroatoms.